The number of hydrazine groups is 1. The van der Waals surface area contributed by atoms with E-state index in [2.05, 4.69) is 56.4 Å². The highest BCUT2D eigenvalue weighted by atomic mass is 16.1. The number of nitrogens with one attached hydrogen (secondary N) is 4. The Hall–Kier alpha value is -2.67. The Morgan fingerprint density at radius 2 is 2.03 bits per heavy atom. The van der Waals surface area contributed by atoms with E-state index in [1.54, 1.807) is 0 Å². The number of H-pyrrole nitrogens is 1. The summed E-state index contributed by atoms with van der Waals surface area (Å²) in [5.74, 6) is 0.177. The minimum absolute atomic E-state index is 0.0462. The molecule has 156 valence electrons. The van der Waals surface area contributed by atoms with Gasteiger partial charge in [0.05, 0.1) is 5.92 Å². The number of carbonyl (C=O) groups is 1. The third-order valence-electron chi connectivity index (χ3n) is 6.25. The molecule has 2 aromatic carbocycles. The van der Waals surface area contributed by atoms with Gasteiger partial charge in [-0.2, -0.15) is 0 Å². The molecule has 2 saturated heterocycles. The summed E-state index contributed by atoms with van der Waals surface area (Å²) < 4.78 is 0. The fourth-order valence-corrected chi connectivity index (χ4v) is 4.66. The van der Waals surface area contributed by atoms with Gasteiger partial charge < -0.3 is 15.2 Å². The molecule has 0 spiro atoms. The summed E-state index contributed by atoms with van der Waals surface area (Å²) in [6.45, 7) is 3.95. The third kappa shape index (κ3) is 4.26. The van der Waals surface area contributed by atoms with Crippen molar-refractivity contribution in [2.45, 2.75) is 25.3 Å². The molecular weight excluding hydrogens is 374 g/mol. The van der Waals surface area contributed by atoms with Crippen LogP contribution in [-0.2, 0) is 4.79 Å². The first kappa shape index (κ1) is 19.3. The maximum atomic E-state index is 13.0. The number of para-hydroxylation sites is 1. The topological polar surface area (TPSA) is 72.2 Å². The van der Waals surface area contributed by atoms with E-state index >= 15 is 0 Å². The third-order valence-corrected chi connectivity index (χ3v) is 6.25. The molecule has 4 N–H and O–H groups in total. The number of nitrogens with zero attached hydrogens (tertiary/aromatic N) is 1. The summed E-state index contributed by atoms with van der Waals surface area (Å²) >= 11 is 0. The number of piperidine rings is 1. The molecule has 0 saturated carbocycles. The van der Waals surface area contributed by atoms with Crippen LogP contribution in [0.3, 0.4) is 0 Å². The molecule has 0 radical (unpaired) electrons. The zero-order valence-corrected chi connectivity index (χ0v) is 17.2. The van der Waals surface area contributed by atoms with Gasteiger partial charge in [-0.1, -0.05) is 30.3 Å². The van der Waals surface area contributed by atoms with E-state index in [-0.39, 0.29) is 11.8 Å². The minimum atomic E-state index is 0.0462. The number of likely N-dealkylation sites (tertiary alicyclic amines) is 1. The van der Waals surface area contributed by atoms with Crippen LogP contribution in [0, 0.1) is 5.92 Å². The molecule has 2 aliphatic heterocycles. The number of aromatic amines is 1. The number of hydrogen-bond acceptors (Lipinski definition) is 4. The van der Waals surface area contributed by atoms with Gasteiger partial charge in [-0.3, -0.25) is 15.6 Å². The molecular formula is C24H29N5O. The van der Waals surface area contributed by atoms with E-state index in [0.29, 0.717) is 6.04 Å². The summed E-state index contributed by atoms with van der Waals surface area (Å²) in [4.78, 5) is 18.9. The number of anilines is 1. The average Bonchev–Trinajstić information content (AvgIpc) is 3.44. The summed E-state index contributed by atoms with van der Waals surface area (Å²) in [5.41, 5.74) is 10.6. The van der Waals surface area contributed by atoms with Crippen LogP contribution in [0.15, 0.2) is 54.6 Å². The van der Waals surface area contributed by atoms with Crippen molar-refractivity contribution in [1.29, 1.82) is 0 Å². The van der Waals surface area contributed by atoms with Crippen LogP contribution < -0.4 is 16.2 Å². The van der Waals surface area contributed by atoms with Crippen molar-refractivity contribution in [2.24, 2.45) is 5.92 Å². The molecule has 6 heteroatoms. The lowest BCUT2D eigenvalue weighted by Gasteiger charge is -2.33. The number of aromatic nitrogens is 1. The first-order valence-electron chi connectivity index (χ1n) is 10.9. The molecule has 6 nitrogen and oxygen atoms in total. The number of fused-ring (bicyclic) bond motifs is 1. The van der Waals surface area contributed by atoms with Crippen LogP contribution in [0.1, 0.15) is 19.3 Å². The van der Waals surface area contributed by atoms with Gasteiger partial charge in [0.1, 0.15) is 0 Å². The second kappa shape index (κ2) is 8.60. The van der Waals surface area contributed by atoms with E-state index in [9.17, 15) is 4.79 Å². The molecule has 2 atom stereocenters. The lowest BCUT2D eigenvalue weighted by molar-refractivity contribution is -0.121. The molecule has 1 aromatic heterocycles. The van der Waals surface area contributed by atoms with Crippen LogP contribution in [-0.4, -0.2) is 48.0 Å². The summed E-state index contributed by atoms with van der Waals surface area (Å²) in [6, 6.07) is 19.0. The highest BCUT2D eigenvalue weighted by Crippen LogP contribution is 2.27. The van der Waals surface area contributed by atoms with Gasteiger partial charge in [-0.15, -0.1) is 0 Å². The van der Waals surface area contributed by atoms with Crippen molar-refractivity contribution >= 4 is 22.5 Å². The number of hydrogen-bond donors (Lipinski definition) is 4. The first-order valence-corrected chi connectivity index (χ1v) is 10.9. The summed E-state index contributed by atoms with van der Waals surface area (Å²) in [6.07, 6.45) is 3.18. The van der Waals surface area contributed by atoms with E-state index in [4.69, 9.17) is 0 Å². The maximum Gasteiger partial charge on any atom is 0.228 e. The lowest BCUT2D eigenvalue weighted by Crippen LogP contribution is -2.46. The maximum absolute atomic E-state index is 13.0. The zero-order valence-electron chi connectivity index (χ0n) is 17.2. The van der Waals surface area contributed by atoms with Crippen molar-refractivity contribution in [3.8, 4) is 11.3 Å². The van der Waals surface area contributed by atoms with Crippen molar-refractivity contribution in [3.05, 3.63) is 54.6 Å². The molecule has 5 rings (SSSR count). The van der Waals surface area contributed by atoms with Crippen molar-refractivity contribution in [2.75, 3.05) is 31.5 Å². The Labute approximate surface area is 177 Å². The average molecular weight is 404 g/mol. The van der Waals surface area contributed by atoms with Gasteiger partial charge in [-0.05, 0) is 50.1 Å². The predicted molar refractivity (Wildman–Crippen MR) is 121 cm³/mol. The quantitative estimate of drug-likeness (QED) is 0.527. The second-order valence-corrected chi connectivity index (χ2v) is 8.50. The van der Waals surface area contributed by atoms with E-state index < -0.39 is 0 Å². The van der Waals surface area contributed by atoms with Gasteiger partial charge in [-0.25, -0.2) is 0 Å². The molecule has 3 heterocycles. The van der Waals surface area contributed by atoms with Gasteiger partial charge in [0.25, 0.3) is 0 Å². The first-order chi connectivity index (χ1) is 14.7. The van der Waals surface area contributed by atoms with Gasteiger partial charge in [0.15, 0.2) is 0 Å². The number of carbonyl (C=O) groups excluding carboxylic acids is 1. The second-order valence-electron chi connectivity index (χ2n) is 8.50. The van der Waals surface area contributed by atoms with Crippen LogP contribution in [0.4, 0.5) is 5.69 Å². The standard InChI is InChI=1S/C24H29N5O/c30-24(19-7-4-12-29(15-19)16-21-10-11-25-28-21)26-20-8-3-6-17(13-20)23-14-18-5-1-2-9-22(18)27-23/h1-3,5-6,8-9,13-14,19,21,25,27-28H,4,7,10-12,15-16H2,(H,26,30). The van der Waals surface area contributed by atoms with Gasteiger partial charge in [0, 0.05) is 53.5 Å². The Kier molecular flexibility index (Phi) is 5.53. The Morgan fingerprint density at radius 3 is 2.90 bits per heavy atom. The van der Waals surface area contributed by atoms with Crippen molar-refractivity contribution < 1.29 is 4.79 Å². The van der Waals surface area contributed by atoms with Crippen LogP contribution >= 0.6 is 0 Å². The monoisotopic (exact) mass is 403 g/mol. The van der Waals surface area contributed by atoms with Crippen LogP contribution in [0.5, 0.6) is 0 Å². The molecule has 3 aromatic rings. The van der Waals surface area contributed by atoms with E-state index in [1.165, 1.54) is 5.39 Å². The molecule has 2 unspecified atom stereocenters. The molecule has 2 aliphatic rings. The fourth-order valence-electron chi connectivity index (χ4n) is 4.66. The number of amides is 1. The normalized spacial score (nSPS) is 22.4. The predicted octanol–water partition coefficient (Wildman–Crippen LogP) is 3.35. The largest absolute Gasteiger partial charge is 0.355 e. The minimum Gasteiger partial charge on any atom is -0.355 e. The molecule has 0 bridgehead atoms. The van der Waals surface area contributed by atoms with Crippen LogP contribution in [0.2, 0.25) is 0 Å². The number of rotatable bonds is 5. The highest BCUT2D eigenvalue weighted by Gasteiger charge is 2.28. The molecule has 1 amide bonds. The lowest BCUT2D eigenvalue weighted by atomic mass is 9.96. The smallest absolute Gasteiger partial charge is 0.228 e. The zero-order chi connectivity index (χ0) is 20.3. The fraction of sp³-hybridized carbons (Fsp3) is 0.375. The number of benzene rings is 2. The van der Waals surface area contributed by atoms with Crippen molar-refractivity contribution in [3.63, 3.8) is 0 Å². The van der Waals surface area contributed by atoms with Gasteiger partial charge >= 0.3 is 0 Å². The van der Waals surface area contributed by atoms with E-state index in [1.807, 2.05) is 24.3 Å². The van der Waals surface area contributed by atoms with E-state index in [0.717, 1.165) is 67.9 Å². The Balaban J connectivity index is 1.25. The van der Waals surface area contributed by atoms with Gasteiger partial charge in [0.2, 0.25) is 5.91 Å². The SMILES string of the molecule is O=C(Nc1cccc(-c2cc3ccccc3[nH]2)c1)C1CCCN(CC2CCNN2)C1. The Morgan fingerprint density at radius 1 is 1.10 bits per heavy atom. The molecule has 0 aliphatic carbocycles. The Bertz CT molecular complexity index is 990. The molecule has 2 fully saturated rings. The molecule has 30 heavy (non-hydrogen) atoms. The highest BCUT2D eigenvalue weighted by molar-refractivity contribution is 5.94. The summed E-state index contributed by atoms with van der Waals surface area (Å²) in [5, 5.41) is 4.35. The van der Waals surface area contributed by atoms with Crippen LogP contribution in [0.25, 0.3) is 22.2 Å². The van der Waals surface area contributed by atoms with Crippen molar-refractivity contribution in [1.82, 2.24) is 20.7 Å². The summed E-state index contributed by atoms with van der Waals surface area (Å²) in [7, 11) is 0.